The lowest BCUT2D eigenvalue weighted by Crippen LogP contribution is -2.08. The molecule has 0 aliphatic carbocycles. The second-order valence-corrected chi connectivity index (χ2v) is 8.23. The zero-order chi connectivity index (χ0) is 23.6. The summed E-state index contributed by atoms with van der Waals surface area (Å²) in [7, 11) is 0. The first-order valence-electron chi connectivity index (χ1n) is 9.70. The molecule has 0 aliphatic heterocycles. The summed E-state index contributed by atoms with van der Waals surface area (Å²) >= 11 is 12.0. The molecule has 3 aromatic carbocycles. The van der Waals surface area contributed by atoms with Crippen molar-refractivity contribution in [2.45, 2.75) is 19.0 Å². The van der Waals surface area contributed by atoms with Crippen LogP contribution < -0.4 is 0 Å². The first kappa shape index (κ1) is 22.9. The molecule has 0 atom stereocenters. The van der Waals surface area contributed by atoms with Gasteiger partial charge in [0.25, 0.3) is 0 Å². The molecule has 10 heteroatoms. The zero-order valence-corrected chi connectivity index (χ0v) is 18.3. The smallest absolute Gasteiger partial charge is 0.299 e. The summed E-state index contributed by atoms with van der Waals surface area (Å²) in [5.74, 6) is 0.127. The summed E-state index contributed by atoms with van der Waals surface area (Å²) in [6.07, 6.45) is -4.29. The van der Waals surface area contributed by atoms with Gasteiger partial charge in [0, 0.05) is 28.5 Å². The van der Waals surface area contributed by atoms with Crippen molar-refractivity contribution in [1.29, 1.82) is 0 Å². The number of nitrogens with one attached hydrogen (secondary N) is 1. The van der Waals surface area contributed by atoms with Crippen molar-refractivity contribution in [1.82, 2.24) is 20.6 Å². The van der Waals surface area contributed by atoms with Crippen molar-refractivity contribution < 1.29 is 18.0 Å². The van der Waals surface area contributed by atoms with E-state index >= 15 is 0 Å². The summed E-state index contributed by atoms with van der Waals surface area (Å²) < 4.78 is 39.4. The van der Waals surface area contributed by atoms with E-state index in [2.05, 4.69) is 20.6 Å². The average molecular weight is 491 g/mol. The highest BCUT2D eigenvalue weighted by Gasteiger charge is 2.30. The second-order valence-electron chi connectivity index (χ2n) is 7.36. The number of Topliss-reactive ketones (excluding diaryl/α,β-unsaturated/α-hetero) is 1. The number of tetrazole rings is 1. The van der Waals surface area contributed by atoms with Crippen LogP contribution >= 0.6 is 23.2 Å². The molecule has 5 nitrogen and oxygen atoms in total. The summed E-state index contributed by atoms with van der Waals surface area (Å²) in [6, 6.07) is 14.9. The number of hydrogen-bond acceptors (Lipinski definition) is 4. The summed E-state index contributed by atoms with van der Waals surface area (Å²) in [4.78, 5) is 12.8. The van der Waals surface area contributed by atoms with E-state index in [-0.39, 0.29) is 24.4 Å². The number of benzene rings is 3. The number of aromatic amines is 1. The van der Waals surface area contributed by atoms with Gasteiger partial charge in [-0.2, -0.15) is 18.4 Å². The van der Waals surface area contributed by atoms with Crippen molar-refractivity contribution in [2.24, 2.45) is 0 Å². The van der Waals surface area contributed by atoms with E-state index in [1.54, 1.807) is 42.5 Å². The largest absolute Gasteiger partial charge is 0.416 e. The number of carbonyl (C=O) groups is 1. The molecule has 168 valence electrons. The quantitative estimate of drug-likeness (QED) is 0.348. The number of H-pyrrole nitrogens is 1. The van der Waals surface area contributed by atoms with Crippen molar-refractivity contribution in [2.75, 3.05) is 0 Å². The van der Waals surface area contributed by atoms with E-state index in [0.29, 0.717) is 37.9 Å². The Bertz CT molecular complexity index is 1290. The van der Waals surface area contributed by atoms with Gasteiger partial charge in [-0.25, -0.2) is 0 Å². The van der Waals surface area contributed by atoms with Gasteiger partial charge in [0.2, 0.25) is 5.82 Å². The maximum Gasteiger partial charge on any atom is 0.416 e. The van der Waals surface area contributed by atoms with Gasteiger partial charge in [-0.1, -0.05) is 47.5 Å². The molecule has 0 unspecified atom stereocenters. The van der Waals surface area contributed by atoms with Gasteiger partial charge >= 0.3 is 6.18 Å². The topological polar surface area (TPSA) is 71.5 Å². The Kier molecular flexibility index (Phi) is 6.49. The zero-order valence-electron chi connectivity index (χ0n) is 16.8. The number of nitrogens with zero attached hydrogens (tertiary/aromatic N) is 3. The minimum Gasteiger partial charge on any atom is -0.299 e. The van der Waals surface area contributed by atoms with Crippen LogP contribution in [0.15, 0.2) is 60.7 Å². The highest BCUT2D eigenvalue weighted by molar-refractivity contribution is 6.34. The molecule has 0 amide bonds. The van der Waals surface area contributed by atoms with Crippen molar-refractivity contribution in [3.8, 4) is 22.5 Å². The van der Waals surface area contributed by atoms with Crippen LogP contribution in [0.5, 0.6) is 0 Å². The van der Waals surface area contributed by atoms with E-state index in [1.165, 1.54) is 6.07 Å². The lowest BCUT2D eigenvalue weighted by molar-refractivity contribution is -0.137. The Balaban J connectivity index is 1.66. The van der Waals surface area contributed by atoms with Crippen molar-refractivity contribution in [3.05, 3.63) is 87.4 Å². The highest BCUT2D eigenvalue weighted by Crippen LogP contribution is 2.34. The molecule has 4 rings (SSSR count). The number of carbonyl (C=O) groups excluding carboxylic acids is 1. The molecule has 0 radical (unpaired) electrons. The first-order valence-corrected chi connectivity index (χ1v) is 10.5. The Hall–Kier alpha value is -3.23. The number of ketones is 1. The fourth-order valence-corrected chi connectivity index (χ4v) is 4.06. The molecule has 1 heterocycles. The Labute approximate surface area is 196 Å². The molecule has 1 aromatic heterocycles. The Morgan fingerprint density at radius 3 is 2.30 bits per heavy atom. The van der Waals surface area contributed by atoms with Crippen LogP contribution in [0, 0.1) is 0 Å². The number of halogens is 5. The molecule has 1 N–H and O–H groups in total. The maximum atomic E-state index is 13.1. The third-order valence-corrected chi connectivity index (χ3v) is 5.37. The van der Waals surface area contributed by atoms with Crippen LogP contribution in [0.2, 0.25) is 10.0 Å². The Morgan fingerprint density at radius 1 is 0.909 bits per heavy atom. The van der Waals surface area contributed by atoms with Crippen LogP contribution in [-0.4, -0.2) is 26.4 Å². The third-order valence-electron chi connectivity index (χ3n) is 4.93. The Morgan fingerprint density at radius 2 is 1.64 bits per heavy atom. The van der Waals surface area contributed by atoms with Gasteiger partial charge in [-0.15, -0.1) is 10.2 Å². The summed E-state index contributed by atoms with van der Waals surface area (Å²) in [5, 5.41) is 14.7. The molecular formula is C23H15Cl2F3N4O. The van der Waals surface area contributed by atoms with Crippen molar-refractivity contribution >= 4 is 29.0 Å². The molecule has 0 saturated carbocycles. The number of alkyl halides is 3. The van der Waals surface area contributed by atoms with Gasteiger partial charge < -0.3 is 0 Å². The molecule has 0 saturated heterocycles. The van der Waals surface area contributed by atoms with Crippen molar-refractivity contribution in [3.63, 3.8) is 0 Å². The van der Waals surface area contributed by atoms with Gasteiger partial charge in [0.15, 0.2) is 0 Å². The molecule has 0 aliphatic rings. The fourth-order valence-electron chi connectivity index (χ4n) is 3.48. The molecule has 4 aromatic rings. The van der Waals surface area contributed by atoms with E-state index in [4.69, 9.17) is 23.2 Å². The van der Waals surface area contributed by atoms with E-state index in [1.807, 2.05) is 0 Å². The van der Waals surface area contributed by atoms with Crippen LogP contribution in [0.1, 0.15) is 16.7 Å². The van der Waals surface area contributed by atoms with E-state index < -0.39 is 11.7 Å². The molecule has 0 spiro atoms. The normalized spacial score (nSPS) is 11.5. The number of rotatable bonds is 6. The van der Waals surface area contributed by atoms with Gasteiger partial charge in [0.05, 0.1) is 5.56 Å². The molecular weight excluding hydrogens is 476 g/mol. The number of hydrogen-bond donors (Lipinski definition) is 1. The van der Waals surface area contributed by atoms with Gasteiger partial charge in [-0.3, -0.25) is 4.79 Å². The lowest BCUT2D eigenvalue weighted by atomic mass is 9.94. The van der Waals surface area contributed by atoms with Gasteiger partial charge in [0.1, 0.15) is 5.78 Å². The fraction of sp³-hybridized carbons (Fsp3) is 0.130. The minimum absolute atomic E-state index is 0.0525. The maximum absolute atomic E-state index is 13.1. The van der Waals surface area contributed by atoms with Gasteiger partial charge in [-0.05, 0) is 63.9 Å². The molecule has 0 fully saturated rings. The second kappa shape index (κ2) is 9.33. The van der Waals surface area contributed by atoms with E-state index in [9.17, 15) is 18.0 Å². The first-order chi connectivity index (χ1) is 15.7. The number of aromatic nitrogens is 4. The SMILES string of the molecule is O=C(Cc1cc(Cl)cc(Cl)c1)Cc1ccc(-c2cccc(C(F)(F)F)c2)cc1-c1nn[nH]n1. The van der Waals surface area contributed by atoms with Crippen LogP contribution in [0.25, 0.3) is 22.5 Å². The average Bonchev–Trinajstić information content (AvgIpc) is 3.27. The highest BCUT2D eigenvalue weighted by atomic mass is 35.5. The minimum atomic E-state index is -4.46. The lowest BCUT2D eigenvalue weighted by Gasteiger charge is -2.12. The van der Waals surface area contributed by atoms with Crippen LogP contribution in [-0.2, 0) is 23.8 Å². The summed E-state index contributed by atoms with van der Waals surface area (Å²) in [5.41, 5.74) is 1.95. The third kappa shape index (κ3) is 5.58. The molecule has 0 bridgehead atoms. The van der Waals surface area contributed by atoms with Crippen LogP contribution in [0.3, 0.4) is 0 Å². The standard InChI is InChI=1S/C23H15Cl2F3N4O/c24-18-6-13(7-19(25)12-18)8-20(33)10-16-5-4-15(11-21(16)22-29-31-32-30-22)14-2-1-3-17(9-14)23(26,27)28/h1-7,9,11-12H,8,10H2,(H,29,30,31,32). The van der Waals surface area contributed by atoms with E-state index in [0.717, 1.165) is 12.1 Å². The van der Waals surface area contributed by atoms with Crippen LogP contribution in [0.4, 0.5) is 13.2 Å². The predicted molar refractivity (Wildman–Crippen MR) is 119 cm³/mol. The predicted octanol–water partition coefficient (Wildman–Crippen LogP) is 6.21. The summed E-state index contributed by atoms with van der Waals surface area (Å²) in [6.45, 7) is 0. The molecule has 33 heavy (non-hydrogen) atoms. The monoisotopic (exact) mass is 490 g/mol.